The Labute approximate surface area is 137 Å². The number of nitrogens with two attached hydrogens (primary N) is 1. The largest absolute Gasteiger partial charge is 0.336 e. The number of fused-ring (bicyclic) bond motifs is 1. The lowest BCUT2D eigenvalue weighted by atomic mass is 9.82. The molecule has 21 heavy (non-hydrogen) atoms. The first-order valence-corrected chi connectivity index (χ1v) is 8.66. The quantitative estimate of drug-likeness (QED) is 0.902. The smallest absolute Gasteiger partial charge is 0.223 e. The Morgan fingerprint density at radius 1 is 1.43 bits per heavy atom. The Balaban J connectivity index is 0.00000161. The van der Waals surface area contributed by atoms with Gasteiger partial charge in [0.05, 0.1) is 6.04 Å². The van der Waals surface area contributed by atoms with E-state index in [1.54, 1.807) is 0 Å². The van der Waals surface area contributed by atoms with Crippen LogP contribution < -0.4 is 5.73 Å². The first-order valence-electron chi connectivity index (χ1n) is 7.78. The van der Waals surface area contributed by atoms with Crippen LogP contribution in [0.4, 0.5) is 0 Å². The van der Waals surface area contributed by atoms with E-state index in [-0.39, 0.29) is 24.5 Å². The van der Waals surface area contributed by atoms with E-state index in [0.29, 0.717) is 18.2 Å². The summed E-state index contributed by atoms with van der Waals surface area (Å²) < 4.78 is 0. The first-order chi connectivity index (χ1) is 9.66. The van der Waals surface area contributed by atoms with Crippen molar-refractivity contribution >= 4 is 29.7 Å². The number of carbonyl (C=O) groups is 1. The topological polar surface area (TPSA) is 46.3 Å². The number of halogens is 1. The summed E-state index contributed by atoms with van der Waals surface area (Å²) in [5.74, 6) is 0.698. The summed E-state index contributed by atoms with van der Waals surface area (Å²) in [5, 5.41) is 2.15. The molecule has 0 saturated heterocycles. The van der Waals surface area contributed by atoms with Crippen molar-refractivity contribution in [2.24, 2.45) is 11.7 Å². The third-order valence-corrected chi connectivity index (χ3v) is 6.00. The van der Waals surface area contributed by atoms with E-state index >= 15 is 0 Å². The molecule has 2 heterocycles. The van der Waals surface area contributed by atoms with Gasteiger partial charge in [-0.05, 0) is 49.1 Å². The van der Waals surface area contributed by atoms with Crippen LogP contribution in [0.3, 0.4) is 0 Å². The van der Waals surface area contributed by atoms with Crippen LogP contribution in [0, 0.1) is 5.92 Å². The fourth-order valence-electron chi connectivity index (χ4n) is 3.68. The Morgan fingerprint density at radius 2 is 2.19 bits per heavy atom. The number of nitrogens with zero attached hydrogens (tertiary/aromatic N) is 1. The maximum atomic E-state index is 12.6. The van der Waals surface area contributed by atoms with Crippen LogP contribution in [0.5, 0.6) is 0 Å². The summed E-state index contributed by atoms with van der Waals surface area (Å²) in [7, 11) is 0. The van der Waals surface area contributed by atoms with E-state index in [2.05, 4.69) is 23.3 Å². The van der Waals surface area contributed by atoms with Gasteiger partial charge < -0.3 is 10.6 Å². The molecule has 0 bridgehead atoms. The maximum Gasteiger partial charge on any atom is 0.223 e. The molecule has 1 aliphatic carbocycles. The van der Waals surface area contributed by atoms with Gasteiger partial charge in [0.15, 0.2) is 0 Å². The molecule has 118 valence electrons. The third kappa shape index (κ3) is 3.43. The van der Waals surface area contributed by atoms with Crippen LogP contribution in [0.2, 0.25) is 0 Å². The molecular weight excluding hydrogens is 304 g/mol. The lowest BCUT2D eigenvalue weighted by Crippen LogP contribution is -2.42. The number of rotatable bonds is 2. The Hall–Kier alpha value is -0.580. The molecular formula is C16H25ClN2OS. The van der Waals surface area contributed by atoms with Crippen LogP contribution in [-0.4, -0.2) is 23.4 Å². The number of hydrogen-bond donors (Lipinski definition) is 1. The average molecular weight is 329 g/mol. The van der Waals surface area contributed by atoms with Gasteiger partial charge in [-0.1, -0.05) is 12.8 Å². The van der Waals surface area contributed by atoms with Crippen LogP contribution in [0.15, 0.2) is 11.4 Å². The molecule has 0 aromatic carbocycles. The van der Waals surface area contributed by atoms with E-state index in [1.807, 2.05) is 11.3 Å². The molecule has 5 heteroatoms. The predicted molar refractivity (Wildman–Crippen MR) is 89.9 cm³/mol. The second-order valence-corrected chi connectivity index (χ2v) is 7.23. The number of amides is 1. The SMILES string of the molecule is CC1c2ccsc2CCN1C(=O)CC1CCCCC1N.Cl. The van der Waals surface area contributed by atoms with Crippen molar-refractivity contribution in [3.63, 3.8) is 0 Å². The molecule has 3 atom stereocenters. The molecule has 2 aliphatic rings. The molecule has 3 nitrogen and oxygen atoms in total. The van der Waals surface area contributed by atoms with E-state index in [1.165, 1.54) is 23.3 Å². The fraction of sp³-hybridized carbons (Fsp3) is 0.688. The van der Waals surface area contributed by atoms with Crippen molar-refractivity contribution in [2.45, 2.75) is 57.5 Å². The minimum atomic E-state index is 0. The van der Waals surface area contributed by atoms with Crippen molar-refractivity contribution in [1.82, 2.24) is 4.90 Å². The standard InChI is InChI=1S/C16H24N2OS.ClH/c1-11-13-7-9-20-15(13)6-8-18(11)16(19)10-12-4-2-3-5-14(12)17;/h7,9,11-12,14H,2-6,8,10,17H2,1H3;1H. The predicted octanol–water partition coefficient (Wildman–Crippen LogP) is 3.52. The molecule has 1 saturated carbocycles. The van der Waals surface area contributed by atoms with E-state index in [9.17, 15) is 4.79 Å². The van der Waals surface area contributed by atoms with E-state index in [0.717, 1.165) is 25.8 Å². The summed E-state index contributed by atoms with van der Waals surface area (Å²) in [6, 6.07) is 2.64. The second kappa shape index (κ2) is 7.12. The van der Waals surface area contributed by atoms with Crippen molar-refractivity contribution in [3.05, 3.63) is 21.9 Å². The van der Waals surface area contributed by atoms with Gasteiger partial charge in [0.1, 0.15) is 0 Å². The first kappa shape index (κ1) is 16.8. The molecule has 1 aliphatic heterocycles. The number of hydrogen-bond acceptors (Lipinski definition) is 3. The normalized spacial score (nSPS) is 28.7. The highest BCUT2D eigenvalue weighted by Crippen LogP contribution is 2.34. The van der Waals surface area contributed by atoms with E-state index in [4.69, 9.17) is 5.73 Å². The average Bonchev–Trinajstić information content (AvgIpc) is 2.91. The van der Waals surface area contributed by atoms with E-state index < -0.39 is 0 Å². The van der Waals surface area contributed by atoms with Crippen molar-refractivity contribution < 1.29 is 4.79 Å². The van der Waals surface area contributed by atoms with Crippen LogP contribution in [0.1, 0.15) is 55.5 Å². The molecule has 2 N–H and O–H groups in total. The summed E-state index contributed by atoms with van der Waals surface area (Å²) in [6.07, 6.45) is 6.33. The van der Waals surface area contributed by atoms with Crippen molar-refractivity contribution in [3.8, 4) is 0 Å². The molecule has 1 amide bonds. The monoisotopic (exact) mass is 328 g/mol. The van der Waals surface area contributed by atoms with Gasteiger partial charge in [0.25, 0.3) is 0 Å². The van der Waals surface area contributed by atoms with Crippen LogP contribution >= 0.6 is 23.7 Å². The molecule has 0 radical (unpaired) electrons. The minimum absolute atomic E-state index is 0. The summed E-state index contributed by atoms with van der Waals surface area (Å²) >= 11 is 1.82. The van der Waals surface area contributed by atoms with Gasteiger partial charge in [0.2, 0.25) is 5.91 Å². The highest BCUT2D eigenvalue weighted by molar-refractivity contribution is 7.10. The zero-order chi connectivity index (χ0) is 14.1. The Bertz CT molecular complexity index is 490. The number of carbonyl (C=O) groups excluding carboxylic acids is 1. The minimum Gasteiger partial charge on any atom is -0.336 e. The Morgan fingerprint density at radius 3 is 2.95 bits per heavy atom. The molecule has 1 aromatic rings. The van der Waals surface area contributed by atoms with Gasteiger partial charge in [-0.3, -0.25) is 4.79 Å². The lowest BCUT2D eigenvalue weighted by molar-refractivity contribution is -0.135. The third-order valence-electron chi connectivity index (χ3n) is 5.00. The molecule has 3 unspecified atom stereocenters. The molecule has 1 fully saturated rings. The number of thiophene rings is 1. The van der Waals surface area contributed by atoms with Gasteiger partial charge >= 0.3 is 0 Å². The van der Waals surface area contributed by atoms with Gasteiger partial charge in [0, 0.05) is 23.9 Å². The molecule has 0 spiro atoms. The highest BCUT2D eigenvalue weighted by atomic mass is 35.5. The van der Waals surface area contributed by atoms with Crippen LogP contribution in [-0.2, 0) is 11.2 Å². The zero-order valence-electron chi connectivity index (χ0n) is 12.6. The summed E-state index contributed by atoms with van der Waals surface area (Å²) in [6.45, 7) is 3.03. The lowest BCUT2D eigenvalue weighted by Gasteiger charge is -2.36. The summed E-state index contributed by atoms with van der Waals surface area (Å²) in [4.78, 5) is 16.1. The second-order valence-electron chi connectivity index (χ2n) is 6.22. The zero-order valence-corrected chi connectivity index (χ0v) is 14.2. The highest BCUT2D eigenvalue weighted by Gasteiger charge is 2.31. The van der Waals surface area contributed by atoms with Crippen molar-refractivity contribution in [1.29, 1.82) is 0 Å². The maximum absolute atomic E-state index is 12.6. The summed E-state index contributed by atoms with van der Waals surface area (Å²) in [5.41, 5.74) is 7.53. The molecule has 3 rings (SSSR count). The van der Waals surface area contributed by atoms with Crippen molar-refractivity contribution in [2.75, 3.05) is 6.54 Å². The fourth-order valence-corrected chi connectivity index (χ4v) is 4.64. The van der Waals surface area contributed by atoms with Crippen LogP contribution in [0.25, 0.3) is 0 Å². The Kier molecular flexibility index (Phi) is 5.69. The van der Waals surface area contributed by atoms with Gasteiger partial charge in [-0.15, -0.1) is 23.7 Å². The van der Waals surface area contributed by atoms with Gasteiger partial charge in [-0.25, -0.2) is 0 Å². The molecule has 1 aromatic heterocycles. The van der Waals surface area contributed by atoms with Gasteiger partial charge in [-0.2, -0.15) is 0 Å².